The lowest BCUT2D eigenvalue weighted by atomic mass is 9.99. The van der Waals surface area contributed by atoms with Gasteiger partial charge in [-0.15, -0.1) is 0 Å². The summed E-state index contributed by atoms with van der Waals surface area (Å²) < 4.78 is 0. The molecule has 2 amide bonds. The Hall–Kier alpha value is -1.43. The molecule has 6 heteroatoms. The summed E-state index contributed by atoms with van der Waals surface area (Å²) in [5.41, 5.74) is 0. The van der Waals surface area contributed by atoms with E-state index in [1.807, 2.05) is 13.8 Å². The molecule has 4 atom stereocenters. The Morgan fingerprint density at radius 3 is 1.86 bits per heavy atom. The van der Waals surface area contributed by atoms with Crippen molar-refractivity contribution in [2.45, 2.75) is 117 Å². The summed E-state index contributed by atoms with van der Waals surface area (Å²) in [5.74, 6) is -0.990. The molecule has 3 N–H and O–H groups in total. The Morgan fingerprint density at radius 1 is 0.786 bits per heavy atom. The van der Waals surface area contributed by atoms with Gasteiger partial charge in [-0.3, -0.25) is 14.4 Å². The summed E-state index contributed by atoms with van der Waals surface area (Å²) in [6.45, 7) is 9.48. The molecule has 0 heterocycles. The Labute approximate surface area is 171 Å². The Kier molecular flexibility index (Phi) is 14.7. The lowest BCUT2D eigenvalue weighted by Gasteiger charge is -2.26. The fraction of sp³-hybridized carbons (Fsp3) is 0.864. The molecule has 0 aliphatic heterocycles. The van der Waals surface area contributed by atoms with Crippen molar-refractivity contribution in [1.29, 1.82) is 0 Å². The normalized spacial score (nSPS) is 15.4. The molecular formula is C22H42N2O4. The quantitative estimate of drug-likeness (QED) is 0.347. The number of hydrogen-bond acceptors (Lipinski definition) is 4. The molecule has 0 spiro atoms. The first-order valence-corrected chi connectivity index (χ1v) is 11.1. The topological polar surface area (TPSA) is 95.5 Å². The summed E-state index contributed by atoms with van der Waals surface area (Å²) in [4.78, 5) is 36.8. The molecule has 0 rings (SSSR count). The van der Waals surface area contributed by atoms with Gasteiger partial charge >= 0.3 is 0 Å². The fourth-order valence-corrected chi connectivity index (χ4v) is 3.23. The number of aliphatic hydroxyl groups is 1. The maximum atomic E-state index is 12.6. The number of Topliss-reactive ketones (excluding diaryl/α,β-unsaturated/α-hetero) is 1. The van der Waals surface area contributed by atoms with Gasteiger partial charge in [0, 0.05) is 5.92 Å². The minimum absolute atomic E-state index is 0.111. The van der Waals surface area contributed by atoms with E-state index in [2.05, 4.69) is 24.5 Å². The van der Waals surface area contributed by atoms with Crippen molar-refractivity contribution >= 4 is 17.6 Å². The van der Waals surface area contributed by atoms with E-state index in [-0.39, 0.29) is 17.6 Å². The zero-order valence-corrected chi connectivity index (χ0v) is 18.6. The van der Waals surface area contributed by atoms with Crippen molar-refractivity contribution in [2.75, 3.05) is 0 Å². The molecule has 6 nitrogen and oxygen atoms in total. The highest BCUT2D eigenvalue weighted by molar-refractivity contribution is 5.90. The van der Waals surface area contributed by atoms with Crippen molar-refractivity contribution in [3.8, 4) is 0 Å². The molecule has 0 radical (unpaired) electrons. The van der Waals surface area contributed by atoms with E-state index >= 15 is 0 Å². The van der Waals surface area contributed by atoms with Gasteiger partial charge in [0.25, 0.3) is 5.91 Å². The van der Waals surface area contributed by atoms with Crippen molar-refractivity contribution in [1.82, 2.24) is 10.6 Å². The molecule has 0 aliphatic carbocycles. The van der Waals surface area contributed by atoms with E-state index in [0.717, 1.165) is 51.4 Å². The van der Waals surface area contributed by atoms with E-state index in [1.165, 1.54) is 6.92 Å². The van der Waals surface area contributed by atoms with Crippen LogP contribution < -0.4 is 10.6 Å². The van der Waals surface area contributed by atoms with E-state index in [0.29, 0.717) is 12.8 Å². The van der Waals surface area contributed by atoms with Crippen LogP contribution in [0.5, 0.6) is 0 Å². The van der Waals surface area contributed by atoms with Crippen LogP contribution in [-0.2, 0) is 14.4 Å². The van der Waals surface area contributed by atoms with Gasteiger partial charge in [-0.1, -0.05) is 72.6 Å². The smallest absolute Gasteiger partial charge is 0.251 e. The monoisotopic (exact) mass is 398 g/mol. The highest BCUT2D eigenvalue weighted by Crippen LogP contribution is 2.12. The number of hydrogen-bond donors (Lipinski definition) is 3. The first-order chi connectivity index (χ1) is 13.3. The number of aliphatic hydroxyl groups excluding tert-OH is 1. The van der Waals surface area contributed by atoms with Crippen LogP contribution in [0.15, 0.2) is 0 Å². The minimum atomic E-state index is -1.36. The van der Waals surface area contributed by atoms with Crippen LogP contribution in [0.25, 0.3) is 0 Å². The summed E-state index contributed by atoms with van der Waals surface area (Å²) in [5, 5.41) is 16.1. The van der Waals surface area contributed by atoms with Crippen molar-refractivity contribution in [3.63, 3.8) is 0 Å². The molecule has 0 fully saturated rings. The molecule has 0 aliphatic rings. The predicted molar refractivity (Wildman–Crippen MR) is 113 cm³/mol. The molecule has 164 valence electrons. The van der Waals surface area contributed by atoms with Gasteiger partial charge in [0.15, 0.2) is 11.9 Å². The van der Waals surface area contributed by atoms with E-state index < -0.39 is 24.1 Å². The van der Waals surface area contributed by atoms with Crippen LogP contribution in [-0.4, -0.2) is 40.9 Å². The van der Waals surface area contributed by atoms with Gasteiger partial charge in [0.05, 0.1) is 12.1 Å². The third-order valence-corrected chi connectivity index (χ3v) is 5.17. The highest BCUT2D eigenvalue weighted by atomic mass is 16.3. The third-order valence-electron chi connectivity index (χ3n) is 5.17. The molecule has 0 aromatic heterocycles. The first-order valence-electron chi connectivity index (χ1n) is 11.1. The second-order valence-corrected chi connectivity index (χ2v) is 7.91. The van der Waals surface area contributed by atoms with Crippen LogP contribution in [0.1, 0.15) is 98.8 Å². The molecule has 28 heavy (non-hydrogen) atoms. The Morgan fingerprint density at radius 2 is 1.36 bits per heavy atom. The van der Waals surface area contributed by atoms with Gasteiger partial charge in [0.1, 0.15) is 0 Å². The second-order valence-electron chi connectivity index (χ2n) is 7.91. The molecule has 0 aromatic rings. The van der Waals surface area contributed by atoms with Crippen molar-refractivity contribution in [2.24, 2.45) is 5.92 Å². The zero-order chi connectivity index (χ0) is 21.5. The van der Waals surface area contributed by atoms with Gasteiger partial charge in [-0.25, -0.2) is 0 Å². The van der Waals surface area contributed by atoms with E-state index in [1.54, 1.807) is 0 Å². The van der Waals surface area contributed by atoms with Crippen LogP contribution in [0.3, 0.4) is 0 Å². The van der Waals surface area contributed by atoms with Crippen LogP contribution >= 0.6 is 0 Å². The summed E-state index contributed by atoms with van der Waals surface area (Å²) in [6.07, 6.45) is 7.09. The lowest BCUT2D eigenvalue weighted by Crippen LogP contribution is -2.54. The number of ketones is 1. The molecule has 0 bridgehead atoms. The molecule has 0 saturated carbocycles. The SMILES string of the molecule is CCCCC[C@H](NC(=O)C(O)[C@H](CCCCC)NC(=O)[C@@H](C)CCC)C(C)=O. The average Bonchev–Trinajstić information content (AvgIpc) is 2.65. The van der Waals surface area contributed by atoms with E-state index in [4.69, 9.17) is 0 Å². The van der Waals surface area contributed by atoms with Crippen LogP contribution in [0.4, 0.5) is 0 Å². The standard InChI is InChI=1S/C22H42N2O4/c1-6-9-11-14-18(17(5)25)23-22(28)20(26)19(15-12-10-7-2)24-21(27)16(4)13-8-3/h16,18-20,26H,6-15H2,1-5H3,(H,23,28)(H,24,27)/t16-,18-,19-,20?/m0/s1. The number of carbonyl (C=O) groups is 3. The van der Waals surface area contributed by atoms with Gasteiger partial charge < -0.3 is 15.7 Å². The lowest BCUT2D eigenvalue weighted by molar-refractivity contribution is -0.136. The Bertz CT molecular complexity index is 467. The Balaban J connectivity index is 5.00. The van der Waals surface area contributed by atoms with Gasteiger partial charge in [-0.2, -0.15) is 0 Å². The molecular weight excluding hydrogens is 356 g/mol. The number of rotatable bonds is 16. The maximum absolute atomic E-state index is 12.6. The second kappa shape index (κ2) is 15.5. The molecule has 1 unspecified atom stereocenters. The number of amides is 2. The minimum Gasteiger partial charge on any atom is -0.381 e. The number of carbonyl (C=O) groups excluding carboxylic acids is 3. The fourth-order valence-electron chi connectivity index (χ4n) is 3.23. The molecule has 0 aromatic carbocycles. The van der Waals surface area contributed by atoms with Gasteiger partial charge in [-0.05, 0) is 26.2 Å². The van der Waals surface area contributed by atoms with Crippen molar-refractivity contribution in [3.05, 3.63) is 0 Å². The van der Waals surface area contributed by atoms with Crippen molar-refractivity contribution < 1.29 is 19.5 Å². The van der Waals surface area contributed by atoms with Crippen LogP contribution in [0.2, 0.25) is 0 Å². The third kappa shape index (κ3) is 10.8. The van der Waals surface area contributed by atoms with E-state index in [9.17, 15) is 19.5 Å². The average molecular weight is 399 g/mol. The van der Waals surface area contributed by atoms with Gasteiger partial charge in [0.2, 0.25) is 5.91 Å². The number of nitrogens with one attached hydrogen (secondary N) is 2. The summed E-state index contributed by atoms with van der Waals surface area (Å²) >= 11 is 0. The summed E-state index contributed by atoms with van der Waals surface area (Å²) in [6, 6.07) is -1.22. The highest BCUT2D eigenvalue weighted by Gasteiger charge is 2.30. The largest absolute Gasteiger partial charge is 0.381 e. The summed E-state index contributed by atoms with van der Waals surface area (Å²) in [7, 11) is 0. The zero-order valence-electron chi connectivity index (χ0n) is 18.6. The van der Waals surface area contributed by atoms with Crippen LogP contribution in [0, 0.1) is 5.92 Å². The molecule has 0 saturated heterocycles. The predicted octanol–water partition coefficient (Wildman–Crippen LogP) is 3.50. The maximum Gasteiger partial charge on any atom is 0.251 e. The first kappa shape index (κ1) is 26.6. The number of unbranched alkanes of at least 4 members (excludes halogenated alkanes) is 4.